The monoisotopic (exact) mass is 408 g/mol. The van der Waals surface area contributed by atoms with Crippen molar-refractivity contribution in [2.75, 3.05) is 6.54 Å². The van der Waals surface area contributed by atoms with Gasteiger partial charge < -0.3 is 4.98 Å². The van der Waals surface area contributed by atoms with E-state index >= 15 is 0 Å². The molecule has 3 aromatic rings. The van der Waals surface area contributed by atoms with Gasteiger partial charge in [-0.15, -0.1) is 0 Å². The van der Waals surface area contributed by atoms with E-state index in [0.29, 0.717) is 24.1 Å². The average molecular weight is 408 g/mol. The van der Waals surface area contributed by atoms with E-state index in [9.17, 15) is 13.6 Å². The Morgan fingerprint density at radius 2 is 1.83 bits per heavy atom. The van der Waals surface area contributed by atoms with Crippen LogP contribution in [0.15, 0.2) is 42.5 Å². The third-order valence-corrected chi connectivity index (χ3v) is 6.78. The van der Waals surface area contributed by atoms with E-state index in [1.165, 1.54) is 42.3 Å². The third kappa shape index (κ3) is 3.56. The molecule has 2 aromatic carbocycles. The number of Topliss-reactive ketones (excluding diaryl/α,β-unsaturated/α-hetero) is 1. The lowest BCUT2D eigenvalue weighted by molar-refractivity contribution is 0.0671. The van der Waals surface area contributed by atoms with E-state index in [-0.39, 0.29) is 17.4 Å². The first kappa shape index (κ1) is 19.4. The number of aromatic amines is 1. The van der Waals surface area contributed by atoms with Crippen LogP contribution >= 0.6 is 0 Å². The van der Waals surface area contributed by atoms with E-state index in [4.69, 9.17) is 0 Å². The first-order chi connectivity index (χ1) is 14.6. The molecule has 2 atom stereocenters. The van der Waals surface area contributed by atoms with Crippen molar-refractivity contribution < 1.29 is 13.6 Å². The number of fused-ring (bicyclic) bond motifs is 6. The van der Waals surface area contributed by atoms with Crippen LogP contribution in [0.1, 0.15) is 66.2 Å². The van der Waals surface area contributed by atoms with Crippen molar-refractivity contribution >= 4 is 16.7 Å². The second-order valence-corrected chi connectivity index (χ2v) is 8.64. The number of benzene rings is 2. The number of hydrogen-bond acceptors (Lipinski definition) is 2. The van der Waals surface area contributed by atoms with Crippen LogP contribution in [-0.2, 0) is 6.42 Å². The van der Waals surface area contributed by atoms with Gasteiger partial charge >= 0.3 is 0 Å². The van der Waals surface area contributed by atoms with Crippen LogP contribution in [0.25, 0.3) is 10.9 Å². The number of halogens is 2. The van der Waals surface area contributed by atoms with Crippen LogP contribution in [0.4, 0.5) is 8.78 Å². The van der Waals surface area contributed by atoms with Crippen molar-refractivity contribution in [2.45, 2.75) is 57.0 Å². The maximum Gasteiger partial charge on any atom is 0.162 e. The van der Waals surface area contributed by atoms with Crippen LogP contribution in [0.3, 0.4) is 0 Å². The molecule has 1 aromatic heterocycles. The predicted octanol–water partition coefficient (Wildman–Crippen LogP) is 5.95. The normalized spacial score (nSPS) is 21.0. The van der Waals surface area contributed by atoms with Gasteiger partial charge in [-0.05, 0) is 86.7 Å². The number of carbonyl (C=O) groups is 1. The zero-order chi connectivity index (χ0) is 20.7. The number of H-pyrrole nitrogens is 1. The van der Waals surface area contributed by atoms with Crippen molar-refractivity contribution in [3.05, 3.63) is 70.9 Å². The lowest BCUT2D eigenvalue weighted by Gasteiger charge is -2.46. The highest BCUT2D eigenvalue weighted by molar-refractivity contribution is 5.95. The van der Waals surface area contributed by atoms with Crippen LogP contribution < -0.4 is 0 Å². The van der Waals surface area contributed by atoms with E-state index in [2.05, 4.69) is 9.88 Å². The van der Waals surface area contributed by atoms with E-state index in [1.807, 2.05) is 6.07 Å². The molecule has 3 heterocycles. The molecule has 0 unspecified atom stereocenters. The van der Waals surface area contributed by atoms with Gasteiger partial charge in [-0.1, -0.05) is 0 Å². The fraction of sp³-hybridized carbons (Fsp3) is 0.400. The highest BCUT2D eigenvalue weighted by atomic mass is 19.1. The van der Waals surface area contributed by atoms with E-state index in [0.717, 1.165) is 43.1 Å². The third-order valence-electron chi connectivity index (χ3n) is 6.78. The van der Waals surface area contributed by atoms with Crippen molar-refractivity contribution in [3.63, 3.8) is 0 Å². The maximum absolute atomic E-state index is 13.9. The smallest absolute Gasteiger partial charge is 0.162 e. The summed E-state index contributed by atoms with van der Waals surface area (Å²) in [6.07, 6.45) is 6.73. The number of hydrogen-bond donors (Lipinski definition) is 1. The molecular formula is C25H26F2N2O. The lowest BCUT2D eigenvalue weighted by Crippen LogP contribution is -2.46. The highest BCUT2D eigenvalue weighted by Crippen LogP contribution is 2.45. The number of rotatable bonds is 6. The Kier molecular flexibility index (Phi) is 5.15. The van der Waals surface area contributed by atoms with Crippen LogP contribution in [-0.4, -0.2) is 28.3 Å². The molecule has 1 saturated heterocycles. The molecule has 5 heteroatoms. The molecule has 2 aliphatic heterocycles. The molecule has 30 heavy (non-hydrogen) atoms. The van der Waals surface area contributed by atoms with Gasteiger partial charge in [0.1, 0.15) is 11.6 Å². The van der Waals surface area contributed by atoms with Crippen LogP contribution in [0.5, 0.6) is 0 Å². The Morgan fingerprint density at radius 3 is 2.67 bits per heavy atom. The summed E-state index contributed by atoms with van der Waals surface area (Å²) < 4.78 is 26.9. The van der Waals surface area contributed by atoms with Gasteiger partial charge in [-0.3, -0.25) is 9.69 Å². The standard InChI is InChI=1S/C25H26F2N2O/c26-17-9-7-16(8-10-17)24(30)6-1-2-13-29-19-4-3-5-23(29)25-20-14-18(27)11-12-21(20)28-22(25)15-19/h7-12,14,19,23,28H,1-6,13,15H2/t19-,23+/m0/s1. The summed E-state index contributed by atoms with van der Waals surface area (Å²) in [5, 5.41) is 1.02. The number of ketones is 1. The van der Waals surface area contributed by atoms with Gasteiger partial charge in [0.2, 0.25) is 0 Å². The molecule has 2 aliphatic rings. The molecule has 156 valence electrons. The van der Waals surface area contributed by atoms with Crippen molar-refractivity contribution in [1.82, 2.24) is 9.88 Å². The topological polar surface area (TPSA) is 36.1 Å². The predicted molar refractivity (Wildman–Crippen MR) is 114 cm³/mol. The zero-order valence-corrected chi connectivity index (χ0v) is 17.0. The molecule has 2 bridgehead atoms. The molecule has 0 saturated carbocycles. The molecule has 0 amide bonds. The van der Waals surface area contributed by atoms with Gasteiger partial charge in [-0.2, -0.15) is 0 Å². The number of aromatic nitrogens is 1. The first-order valence-electron chi connectivity index (χ1n) is 10.9. The lowest BCUT2D eigenvalue weighted by atomic mass is 9.82. The quantitative estimate of drug-likeness (QED) is 0.404. The fourth-order valence-electron chi connectivity index (χ4n) is 5.38. The average Bonchev–Trinajstić information content (AvgIpc) is 3.08. The Morgan fingerprint density at radius 1 is 1.03 bits per heavy atom. The summed E-state index contributed by atoms with van der Waals surface area (Å²) in [4.78, 5) is 18.5. The Labute approximate surface area is 175 Å². The second-order valence-electron chi connectivity index (χ2n) is 8.64. The molecule has 0 radical (unpaired) electrons. The minimum absolute atomic E-state index is 0.0724. The summed E-state index contributed by atoms with van der Waals surface area (Å²) in [6, 6.07) is 11.7. The molecule has 1 fully saturated rings. The molecule has 3 nitrogen and oxygen atoms in total. The molecule has 0 spiro atoms. The molecular weight excluding hydrogens is 382 g/mol. The number of piperidine rings is 1. The van der Waals surface area contributed by atoms with Crippen LogP contribution in [0, 0.1) is 11.6 Å². The minimum atomic E-state index is -0.320. The largest absolute Gasteiger partial charge is 0.358 e. The second kappa shape index (κ2) is 7.95. The van der Waals surface area contributed by atoms with Gasteiger partial charge in [0.25, 0.3) is 0 Å². The van der Waals surface area contributed by atoms with Gasteiger partial charge in [0.05, 0.1) is 0 Å². The van der Waals surface area contributed by atoms with Gasteiger partial charge in [0.15, 0.2) is 5.78 Å². The summed E-state index contributed by atoms with van der Waals surface area (Å²) in [6.45, 7) is 0.952. The molecule has 0 aliphatic carbocycles. The highest BCUT2D eigenvalue weighted by Gasteiger charge is 2.38. The Bertz CT molecular complexity index is 1070. The minimum Gasteiger partial charge on any atom is -0.358 e. The van der Waals surface area contributed by atoms with Gasteiger partial charge in [-0.25, -0.2) is 8.78 Å². The van der Waals surface area contributed by atoms with Crippen molar-refractivity contribution in [2.24, 2.45) is 0 Å². The van der Waals surface area contributed by atoms with Crippen molar-refractivity contribution in [3.8, 4) is 0 Å². The number of nitrogens with one attached hydrogen (secondary N) is 1. The van der Waals surface area contributed by atoms with Crippen LogP contribution in [0.2, 0.25) is 0 Å². The summed E-state index contributed by atoms with van der Waals surface area (Å²) >= 11 is 0. The molecule has 5 rings (SSSR count). The van der Waals surface area contributed by atoms with E-state index < -0.39 is 0 Å². The zero-order valence-electron chi connectivity index (χ0n) is 17.0. The summed E-state index contributed by atoms with van der Waals surface area (Å²) in [5.41, 5.74) is 4.16. The summed E-state index contributed by atoms with van der Waals surface area (Å²) in [7, 11) is 0. The van der Waals surface area contributed by atoms with Gasteiger partial charge in [0, 0.05) is 47.1 Å². The maximum atomic E-state index is 13.9. The van der Waals surface area contributed by atoms with Crippen molar-refractivity contribution in [1.29, 1.82) is 0 Å². The number of carbonyl (C=O) groups excluding carboxylic acids is 1. The first-order valence-corrected chi connectivity index (χ1v) is 10.9. The fourth-order valence-corrected chi connectivity index (χ4v) is 5.38. The SMILES string of the molecule is O=C(CCCCN1[C@H]2CCC[C@@H]1c1c([nH]c3ccc(F)cc13)C2)c1ccc(F)cc1. The number of nitrogens with zero attached hydrogens (tertiary/aromatic N) is 1. The van der Waals surface area contributed by atoms with E-state index in [1.54, 1.807) is 18.2 Å². The summed E-state index contributed by atoms with van der Waals surface area (Å²) in [5.74, 6) is -0.434. The Balaban J connectivity index is 1.26. The Hall–Kier alpha value is -2.53. The number of unbranched alkanes of at least 4 members (excludes halogenated alkanes) is 1. The molecule has 1 N–H and O–H groups in total.